The van der Waals surface area contributed by atoms with Crippen LogP contribution in [0.4, 0.5) is 0 Å². The number of nitrogens with one attached hydrogen (secondary N) is 1. The first-order chi connectivity index (χ1) is 8.84. The van der Waals surface area contributed by atoms with Gasteiger partial charge in [-0.05, 0) is 31.2 Å². The maximum absolute atomic E-state index is 12.2. The van der Waals surface area contributed by atoms with Crippen molar-refractivity contribution in [2.45, 2.75) is 17.9 Å². The number of likely N-dealkylation sites (N-methyl/N-ethyl adjacent to an activating group) is 1. The number of amides is 1. The van der Waals surface area contributed by atoms with E-state index in [-0.39, 0.29) is 4.90 Å². The molecule has 2 N–H and O–H groups in total. The van der Waals surface area contributed by atoms with Gasteiger partial charge in [-0.15, -0.1) is 6.42 Å². The highest BCUT2D eigenvalue weighted by Crippen LogP contribution is 2.17. The molecule has 0 heterocycles. The van der Waals surface area contributed by atoms with E-state index in [0.29, 0.717) is 5.56 Å². The van der Waals surface area contributed by atoms with Crippen molar-refractivity contribution in [1.82, 2.24) is 9.79 Å². The Bertz CT molecular complexity index is 602. The van der Waals surface area contributed by atoms with Gasteiger partial charge in [0, 0.05) is 12.6 Å². The first-order valence-electron chi connectivity index (χ1n) is 5.33. The summed E-state index contributed by atoms with van der Waals surface area (Å²) in [7, 11) is -2.57. The number of benzene rings is 1. The fraction of sp³-hybridized carbons (Fsp3) is 0.250. The number of sulfonamides is 1. The topological polar surface area (TPSA) is 86.7 Å². The standard InChI is InChI=1S/C12H14N2O4S/c1-4-10-5-7-11(8-6-10)19(17,18)14(3)9(2)12(15)13-16/h1,5-9,16H,2-3H3,(H,13,15)/t9-/m1/s1. The Balaban J connectivity index is 3.09. The zero-order valence-electron chi connectivity index (χ0n) is 10.5. The SMILES string of the molecule is C#Cc1ccc(S(=O)(=O)N(C)[C@H](C)C(=O)NO)cc1. The van der Waals surface area contributed by atoms with Crippen LogP contribution in [-0.2, 0) is 14.8 Å². The number of hydrogen-bond acceptors (Lipinski definition) is 4. The summed E-state index contributed by atoms with van der Waals surface area (Å²) in [6, 6.07) is 4.69. The number of terminal acetylenes is 1. The van der Waals surface area contributed by atoms with Gasteiger partial charge in [-0.1, -0.05) is 5.92 Å². The summed E-state index contributed by atoms with van der Waals surface area (Å²) < 4.78 is 25.3. The van der Waals surface area contributed by atoms with E-state index in [4.69, 9.17) is 11.6 Å². The fourth-order valence-corrected chi connectivity index (χ4v) is 2.68. The minimum absolute atomic E-state index is 0.0200. The van der Waals surface area contributed by atoms with E-state index in [1.165, 1.54) is 43.7 Å². The quantitative estimate of drug-likeness (QED) is 0.468. The van der Waals surface area contributed by atoms with Gasteiger partial charge in [0.15, 0.2) is 0 Å². The van der Waals surface area contributed by atoms with Crippen molar-refractivity contribution in [1.29, 1.82) is 0 Å². The van der Waals surface area contributed by atoms with E-state index < -0.39 is 22.0 Å². The highest BCUT2D eigenvalue weighted by Gasteiger charge is 2.29. The molecular formula is C12H14N2O4S. The molecule has 7 heteroatoms. The molecule has 0 bridgehead atoms. The third-order valence-corrected chi connectivity index (χ3v) is 4.68. The highest BCUT2D eigenvalue weighted by molar-refractivity contribution is 7.89. The Morgan fingerprint density at radius 2 is 1.95 bits per heavy atom. The predicted octanol–water partition coefficient (Wildman–Crippen LogP) is 0.182. The third-order valence-electron chi connectivity index (χ3n) is 2.73. The van der Waals surface area contributed by atoms with Crippen LogP contribution in [0.25, 0.3) is 0 Å². The number of nitrogens with zero attached hydrogens (tertiary/aromatic N) is 1. The van der Waals surface area contributed by atoms with E-state index in [2.05, 4.69) is 5.92 Å². The molecule has 0 saturated heterocycles. The summed E-state index contributed by atoms with van der Waals surface area (Å²) in [5.41, 5.74) is 1.97. The molecular weight excluding hydrogens is 268 g/mol. The average molecular weight is 282 g/mol. The van der Waals surface area contributed by atoms with E-state index in [1.807, 2.05) is 0 Å². The molecule has 0 aliphatic rings. The van der Waals surface area contributed by atoms with Gasteiger partial charge in [-0.2, -0.15) is 4.31 Å². The summed E-state index contributed by atoms with van der Waals surface area (Å²) >= 11 is 0. The predicted molar refractivity (Wildman–Crippen MR) is 68.7 cm³/mol. The Morgan fingerprint density at radius 1 is 1.42 bits per heavy atom. The first kappa shape index (κ1) is 15.2. The van der Waals surface area contributed by atoms with E-state index in [1.54, 1.807) is 0 Å². The second kappa shape index (κ2) is 5.84. The van der Waals surface area contributed by atoms with Crippen molar-refractivity contribution in [3.63, 3.8) is 0 Å². The Labute approximate surface area is 112 Å². The van der Waals surface area contributed by atoms with Gasteiger partial charge in [-0.3, -0.25) is 10.0 Å². The van der Waals surface area contributed by atoms with Crippen LogP contribution in [0.15, 0.2) is 29.2 Å². The van der Waals surface area contributed by atoms with Crippen LogP contribution in [-0.4, -0.2) is 36.9 Å². The van der Waals surface area contributed by atoms with Gasteiger partial charge < -0.3 is 0 Å². The van der Waals surface area contributed by atoms with E-state index >= 15 is 0 Å². The van der Waals surface area contributed by atoms with Gasteiger partial charge in [0.05, 0.1) is 4.90 Å². The summed E-state index contributed by atoms with van der Waals surface area (Å²) in [5, 5.41) is 8.52. The number of carbonyl (C=O) groups is 1. The molecule has 1 aromatic carbocycles. The van der Waals surface area contributed by atoms with Crippen LogP contribution in [0.1, 0.15) is 12.5 Å². The molecule has 6 nitrogen and oxygen atoms in total. The molecule has 0 radical (unpaired) electrons. The molecule has 1 rings (SSSR count). The molecule has 1 aromatic rings. The lowest BCUT2D eigenvalue weighted by molar-refractivity contribution is -0.132. The van der Waals surface area contributed by atoms with Crippen molar-refractivity contribution in [3.8, 4) is 12.3 Å². The second-order valence-electron chi connectivity index (χ2n) is 3.84. The first-order valence-corrected chi connectivity index (χ1v) is 6.77. The number of carbonyl (C=O) groups excluding carboxylic acids is 1. The monoisotopic (exact) mass is 282 g/mol. The summed E-state index contributed by atoms with van der Waals surface area (Å²) in [4.78, 5) is 11.3. The number of hydrogen-bond donors (Lipinski definition) is 2. The van der Waals surface area contributed by atoms with E-state index in [0.717, 1.165) is 4.31 Å². The minimum atomic E-state index is -3.83. The molecule has 0 aliphatic heterocycles. The van der Waals surface area contributed by atoms with Crippen molar-refractivity contribution in [2.24, 2.45) is 0 Å². The molecule has 0 aromatic heterocycles. The number of hydroxylamine groups is 1. The zero-order chi connectivity index (χ0) is 14.6. The van der Waals surface area contributed by atoms with Crippen LogP contribution in [0, 0.1) is 12.3 Å². The summed E-state index contributed by atoms with van der Waals surface area (Å²) in [6.07, 6.45) is 5.18. The highest BCUT2D eigenvalue weighted by atomic mass is 32.2. The van der Waals surface area contributed by atoms with Crippen molar-refractivity contribution in [3.05, 3.63) is 29.8 Å². The van der Waals surface area contributed by atoms with Crippen LogP contribution < -0.4 is 5.48 Å². The minimum Gasteiger partial charge on any atom is -0.289 e. The van der Waals surface area contributed by atoms with E-state index in [9.17, 15) is 13.2 Å². The van der Waals surface area contributed by atoms with Gasteiger partial charge >= 0.3 is 0 Å². The van der Waals surface area contributed by atoms with Gasteiger partial charge in [0.25, 0.3) is 5.91 Å². The average Bonchev–Trinajstić information content (AvgIpc) is 2.44. The van der Waals surface area contributed by atoms with Crippen LogP contribution in [0.2, 0.25) is 0 Å². The van der Waals surface area contributed by atoms with Crippen molar-refractivity contribution >= 4 is 15.9 Å². The van der Waals surface area contributed by atoms with Crippen molar-refractivity contribution in [2.75, 3.05) is 7.05 Å². The smallest absolute Gasteiger partial charge is 0.261 e. The normalized spacial score (nSPS) is 12.8. The molecule has 102 valence electrons. The second-order valence-corrected chi connectivity index (χ2v) is 5.84. The molecule has 0 unspecified atom stereocenters. The number of rotatable bonds is 4. The van der Waals surface area contributed by atoms with Gasteiger partial charge in [0.2, 0.25) is 10.0 Å². The molecule has 0 spiro atoms. The van der Waals surface area contributed by atoms with Crippen LogP contribution in [0.3, 0.4) is 0 Å². The summed E-state index contributed by atoms with van der Waals surface area (Å²) in [5.74, 6) is 1.57. The van der Waals surface area contributed by atoms with Crippen molar-refractivity contribution < 1.29 is 18.4 Å². The van der Waals surface area contributed by atoms with Gasteiger partial charge in [0.1, 0.15) is 6.04 Å². The fourth-order valence-electron chi connectivity index (χ4n) is 1.36. The Morgan fingerprint density at radius 3 is 2.37 bits per heavy atom. The van der Waals surface area contributed by atoms with Crippen LogP contribution >= 0.6 is 0 Å². The largest absolute Gasteiger partial charge is 0.289 e. The molecule has 0 fully saturated rings. The molecule has 1 atom stereocenters. The Hall–Kier alpha value is -1.88. The lowest BCUT2D eigenvalue weighted by atomic mass is 10.2. The molecule has 19 heavy (non-hydrogen) atoms. The molecule has 1 amide bonds. The lowest BCUT2D eigenvalue weighted by Crippen LogP contribution is -2.44. The lowest BCUT2D eigenvalue weighted by Gasteiger charge is -2.22. The maximum atomic E-state index is 12.2. The molecule has 0 saturated carbocycles. The van der Waals surface area contributed by atoms with Crippen LogP contribution in [0.5, 0.6) is 0 Å². The Kier molecular flexibility index (Phi) is 4.67. The molecule has 0 aliphatic carbocycles. The maximum Gasteiger partial charge on any atom is 0.261 e. The zero-order valence-corrected chi connectivity index (χ0v) is 11.3. The third kappa shape index (κ3) is 3.12. The van der Waals surface area contributed by atoms with Gasteiger partial charge in [-0.25, -0.2) is 13.9 Å². The summed E-state index contributed by atoms with van der Waals surface area (Å²) in [6.45, 7) is 1.36.